The summed E-state index contributed by atoms with van der Waals surface area (Å²) >= 11 is 5.79. The predicted octanol–water partition coefficient (Wildman–Crippen LogP) is 2.64. The number of nitrogens with one attached hydrogen (secondary N) is 1. The molecule has 0 unspecified atom stereocenters. The molecule has 0 radical (unpaired) electrons. The molecule has 0 aliphatic rings. The summed E-state index contributed by atoms with van der Waals surface area (Å²) < 4.78 is 50.8. The van der Waals surface area contributed by atoms with Crippen LogP contribution in [0.15, 0.2) is 24.7 Å². The summed E-state index contributed by atoms with van der Waals surface area (Å²) in [5, 5.41) is 15.2. The zero-order valence-corrected chi connectivity index (χ0v) is 13.4. The van der Waals surface area contributed by atoms with Crippen LogP contribution in [0.1, 0.15) is 11.1 Å². The minimum absolute atomic E-state index is 0.158. The Morgan fingerprint density at radius 2 is 2.08 bits per heavy atom. The van der Waals surface area contributed by atoms with Crippen molar-refractivity contribution in [2.24, 2.45) is 0 Å². The molecule has 2 rings (SSSR count). The molecule has 134 valence electrons. The molecular formula is C15H13ClF4N4O. The SMILES string of the molecule is OC[C@H](F)CNc1cc(Cl)ncc1C#Cc1cnn(CC(F)(F)F)c1. The molecule has 0 spiro atoms. The molecular weight excluding hydrogens is 364 g/mol. The number of rotatable bonds is 5. The third kappa shape index (κ3) is 6.25. The van der Waals surface area contributed by atoms with E-state index in [1.807, 2.05) is 0 Å². The summed E-state index contributed by atoms with van der Waals surface area (Å²) in [7, 11) is 0. The minimum atomic E-state index is -4.37. The van der Waals surface area contributed by atoms with Crippen molar-refractivity contribution in [3.05, 3.63) is 40.9 Å². The second-order valence-electron chi connectivity index (χ2n) is 5.01. The normalized spacial score (nSPS) is 12.4. The van der Waals surface area contributed by atoms with E-state index in [1.165, 1.54) is 24.7 Å². The van der Waals surface area contributed by atoms with Crippen molar-refractivity contribution in [2.75, 3.05) is 18.5 Å². The molecule has 2 heterocycles. The largest absolute Gasteiger partial charge is 0.408 e. The second kappa shape index (κ2) is 8.18. The monoisotopic (exact) mass is 376 g/mol. The van der Waals surface area contributed by atoms with Gasteiger partial charge in [0, 0.05) is 18.9 Å². The topological polar surface area (TPSA) is 63.0 Å². The van der Waals surface area contributed by atoms with Crippen LogP contribution in [0.3, 0.4) is 0 Å². The molecule has 0 saturated carbocycles. The quantitative estimate of drug-likeness (QED) is 0.478. The second-order valence-corrected chi connectivity index (χ2v) is 5.39. The van der Waals surface area contributed by atoms with E-state index < -0.39 is 25.5 Å². The minimum Gasteiger partial charge on any atom is -0.393 e. The van der Waals surface area contributed by atoms with Gasteiger partial charge in [0.1, 0.15) is 17.9 Å². The van der Waals surface area contributed by atoms with Crippen LogP contribution in [-0.4, -0.2) is 45.4 Å². The van der Waals surface area contributed by atoms with Gasteiger partial charge >= 0.3 is 6.18 Å². The van der Waals surface area contributed by atoms with Crippen molar-refractivity contribution in [3.63, 3.8) is 0 Å². The molecule has 25 heavy (non-hydrogen) atoms. The first-order valence-electron chi connectivity index (χ1n) is 7.02. The maximum atomic E-state index is 13.1. The summed E-state index contributed by atoms with van der Waals surface area (Å²) in [6.45, 7) is -2.00. The van der Waals surface area contributed by atoms with Crippen LogP contribution in [0.5, 0.6) is 0 Å². The highest BCUT2D eigenvalue weighted by molar-refractivity contribution is 6.29. The molecule has 2 aromatic rings. The lowest BCUT2D eigenvalue weighted by Gasteiger charge is -2.10. The summed E-state index contributed by atoms with van der Waals surface area (Å²) in [5.74, 6) is 5.38. The number of aliphatic hydroxyl groups excluding tert-OH is 1. The number of aliphatic hydroxyl groups is 1. The van der Waals surface area contributed by atoms with Gasteiger partial charge in [0.15, 0.2) is 0 Å². The Hall–Kier alpha value is -2.31. The van der Waals surface area contributed by atoms with Gasteiger partial charge < -0.3 is 10.4 Å². The van der Waals surface area contributed by atoms with E-state index in [0.717, 1.165) is 4.68 Å². The van der Waals surface area contributed by atoms with Crippen LogP contribution < -0.4 is 5.32 Å². The van der Waals surface area contributed by atoms with Crippen LogP contribution in [-0.2, 0) is 6.54 Å². The van der Waals surface area contributed by atoms with Gasteiger partial charge in [0.25, 0.3) is 0 Å². The fourth-order valence-electron chi connectivity index (χ4n) is 1.80. The molecule has 0 aliphatic carbocycles. The third-order valence-corrected chi connectivity index (χ3v) is 3.11. The maximum absolute atomic E-state index is 13.1. The molecule has 0 aliphatic heterocycles. The number of nitrogens with zero attached hydrogens (tertiary/aromatic N) is 3. The van der Waals surface area contributed by atoms with E-state index in [1.54, 1.807) is 0 Å². The number of pyridine rings is 1. The van der Waals surface area contributed by atoms with E-state index in [4.69, 9.17) is 16.7 Å². The molecule has 2 aromatic heterocycles. The molecule has 0 aromatic carbocycles. The Bertz CT molecular complexity index is 782. The van der Waals surface area contributed by atoms with Crippen molar-refractivity contribution in [3.8, 4) is 11.8 Å². The first-order valence-corrected chi connectivity index (χ1v) is 7.40. The van der Waals surface area contributed by atoms with Crippen molar-refractivity contribution in [1.82, 2.24) is 14.8 Å². The summed E-state index contributed by atoms with van der Waals surface area (Å²) in [4.78, 5) is 3.86. The van der Waals surface area contributed by atoms with E-state index in [2.05, 4.69) is 27.2 Å². The zero-order valence-electron chi connectivity index (χ0n) is 12.7. The Kier molecular flexibility index (Phi) is 6.22. The van der Waals surface area contributed by atoms with Crippen LogP contribution in [0.2, 0.25) is 5.15 Å². The number of hydrogen-bond acceptors (Lipinski definition) is 4. The Morgan fingerprint density at radius 1 is 1.32 bits per heavy atom. The lowest BCUT2D eigenvalue weighted by atomic mass is 10.2. The lowest BCUT2D eigenvalue weighted by molar-refractivity contribution is -0.142. The number of halogens is 5. The highest BCUT2D eigenvalue weighted by Gasteiger charge is 2.28. The maximum Gasteiger partial charge on any atom is 0.408 e. The molecule has 2 N–H and O–H groups in total. The van der Waals surface area contributed by atoms with Gasteiger partial charge in [-0.1, -0.05) is 23.4 Å². The average Bonchev–Trinajstić information content (AvgIpc) is 2.97. The fraction of sp³-hybridized carbons (Fsp3) is 0.333. The molecule has 0 bridgehead atoms. The van der Waals surface area contributed by atoms with Gasteiger partial charge in [0.05, 0.1) is 29.6 Å². The highest BCUT2D eigenvalue weighted by Crippen LogP contribution is 2.19. The first-order chi connectivity index (χ1) is 11.8. The van der Waals surface area contributed by atoms with Gasteiger partial charge in [-0.15, -0.1) is 0 Å². The lowest BCUT2D eigenvalue weighted by Crippen LogP contribution is -2.19. The van der Waals surface area contributed by atoms with Gasteiger partial charge in [-0.05, 0) is 6.07 Å². The van der Waals surface area contributed by atoms with E-state index in [-0.39, 0.29) is 17.3 Å². The Morgan fingerprint density at radius 3 is 2.76 bits per heavy atom. The van der Waals surface area contributed by atoms with Crippen LogP contribution in [0.4, 0.5) is 23.2 Å². The molecule has 0 saturated heterocycles. The first kappa shape index (κ1) is 19.0. The average molecular weight is 377 g/mol. The highest BCUT2D eigenvalue weighted by atomic mass is 35.5. The van der Waals surface area contributed by atoms with Crippen molar-refractivity contribution in [2.45, 2.75) is 18.9 Å². The number of anilines is 1. The molecule has 10 heteroatoms. The van der Waals surface area contributed by atoms with Crippen molar-refractivity contribution < 1.29 is 22.7 Å². The number of hydrogen-bond donors (Lipinski definition) is 2. The predicted molar refractivity (Wildman–Crippen MR) is 84.0 cm³/mol. The summed E-state index contributed by atoms with van der Waals surface area (Å²) in [6.07, 6.45) is -2.11. The zero-order chi connectivity index (χ0) is 18.4. The Balaban J connectivity index is 2.16. The van der Waals surface area contributed by atoms with Crippen LogP contribution in [0, 0.1) is 11.8 Å². The van der Waals surface area contributed by atoms with Gasteiger partial charge in [-0.3, -0.25) is 4.68 Å². The van der Waals surface area contributed by atoms with Gasteiger partial charge in [-0.2, -0.15) is 18.3 Å². The fourth-order valence-corrected chi connectivity index (χ4v) is 1.96. The smallest absolute Gasteiger partial charge is 0.393 e. The van der Waals surface area contributed by atoms with Gasteiger partial charge in [-0.25, -0.2) is 9.37 Å². The third-order valence-electron chi connectivity index (χ3n) is 2.90. The Labute approximate surface area is 145 Å². The van der Waals surface area contributed by atoms with Crippen molar-refractivity contribution >= 4 is 17.3 Å². The number of aromatic nitrogens is 3. The van der Waals surface area contributed by atoms with E-state index in [0.29, 0.717) is 11.3 Å². The number of alkyl halides is 4. The van der Waals surface area contributed by atoms with Gasteiger partial charge in [0.2, 0.25) is 0 Å². The molecule has 0 fully saturated rings. The van der Waals surface area contributed by atoms with E-state index in [9.17, 15) is 17.6 Å². The summed E-state index contributed by atoms with van der Waals surface area (Å²) in [6, 6.07) is 1.43. The standard InChI is InChI=1S/C15H13ClF4N4O/c16-14-3-13(21-6-12(17)8-25)11(5-22-14)2-1-10-4-23-24(7-10)9-15(18,19)20/h3-5,7,12,25H,6,8-9H2,(H,21,22)/t12-/m1/s1. The van der Waals surface area contributed by atoms with Crippen molar-refractivity contribution in [1.29, 1.82) is 0 Å². The molecule has 1 atom stereocenters. The molecule has 0 amide bonds. The molecule has 5 nitrogen and oxygen atoms in total. The van der Waals surface area contributed by atoms with Crippen LogP contribution >= 0.6 is 11.6 Å². The van der Waals surface area contributed by atoms with Crippen LogP contribution in [0.25, 0.3) is 0 Å². The van der Waals surface area contributed by atoms with E-state index >= 15 is 0 Å². The summed E-state index contributed by atoms with van der Waals surface area (Å²) in [5.41, 5.74) is 1.05.